The van der Waals surface area contributed by atoms with Gasteiger partial charge in [0.05, 0.1) is 5.94 Å². The monoisotopic (exact) mass is 171 g/mol. The maximum Gasteiger partial charge on any atom is 0.475 e. The van der Waals surface area contributed by atoms with Crippen LogP contribution in [-0.4, -0.2) is 40.5 Å². The standard InChI is InChI=1S/C7H14BNO3/c1-2-7(10)9-5-3-4-6(9)8(11)12/h6,11-12H,2-5H2,1H3. The summed E-state index contributed by atoms with van der Waals surface area (Å²) in [4.78, 5) is 12.8. The Morgan fingerprint density at radius 1 is 1.67 bits per heavy atom. The summed E-state index contributed by atoms with van der Waals surface area (Å²) in [5.41, 5.74) is 0. The molecule has 1 aliphatic heterocycles. The number of rotatable bonds is 2. The number of amides is 1. The summed E-state index contributed by atoms with van der Waals surface area (Å²) >= 11 is 0. The van der Waals surface area contributed by atoms with Crippen molar-refractivity contribution in [2.75, 3.05) is 6.54 Å². The van der Waals surface area contributed by atoms with Crippen molar-refractivity contribution in [3.05, 3.63) is 0 Å². The van der Waals surface area contributed by atoms with Gasteiger partial charge < -0.3 is 14.9 Å². The zero-order valence-corrected chi connectivity index (χ0v) is 7.23. The molecule has 12 heavy (non-hydrogen) atoms. The third-order valence-corrected chi connectivity index (χ3v) is 2.27. The van der Waals surface area contributed by atoms with Gasteiger partial charge in [0.1, 0.15) is 0 Å². The van der Waals surface area contributed by atoms with E-state index in [1.807, 2.05) is 0 Å². The first-order valence-corrected chi connectivity index (χ1v) is 4.32. The Morgan fingerprint density at radius 3 is 2.83 bits per heavy atom. The molecule has 2 N–H and O–H groups in total. The summed E-state index contributed by atoms with van der Waals surface area (Å²) in [5.74, 6) is -0.372. The molecule has 1 amide bonds. The van der Waals surface area contributed by atoms with Gasteiger partial charge in [-0.25, -0.2) is 0 Å². The van der Waals surface area contributed by atoms with Crippen molar-refractivity contribution in [1.82, 2.24) is 4.90 Å². The molecule has 0 aromatic rings. The second-order valence-corrected chi connectivity index (χ2v) is 3.06. The Hall–Kier alpha value is -0.545. The van der Waals surface area contributed by atoms with Gasteiger partial charge in [-0.3, -0.25) is 4.79 Å². The Labute approximate surface area is 72.3 Å². The quantitative estimate of drug-likeness (QED) is 0.545. The summed E-state index contributed by atoms with van der Waals surface area (Å²) in [6.45, 7) is 2.44. The van der Waals surface area contributed by atoms with E-state index in [1.165, 1.54) is 0 Å². The molecule has 1 atom stereocenters. The third-order valence-electron chi connectivity index (χ3n) is 2.27. The van der Waals surface area contributed by atoms with Crippen LogP contribution in [-0.2, 0) is 4.79 Å². The zero-order valence-electron chi connectivity index (χ0n) is 7.23. The van der Waals surface area contributed by atoms with Crippen LogP contribution in [0.1, 0.15) is 26.2 Å². The molecular formula is C7H14BNO3. The molecule has 1 saturated heterocycles. The summed E-state index contributed by atoms with van der Waals surface area (Å²) in [6, 6.07) is 0. The van der Waals surface area contributed by atoms with E-state index in [4.69, 9.17) is 10.0 Å². The molecule has 1 aliphatic rings. The summed E-state index contributed by atoms with van der Waals surface area (Å²) in [7, 11) is -1.39. The lowest BCUT2D eigenvalue weighted by molar-refractivity contribution is -0.130. The average Bonchev–Trinajstić information content (AvgIpc) is 2.50. The predicted molar refractivity (Wildman–Crippen MR) is 45.2 cm³/mol. The average molecular weight is 171 g/mol. The highest BCUT2D eigenvalue weighted by Crippen LogP contribution is 2.18. The molecule has 1 fully saturated rings. The topological polar surface area (TPSA) is 60.8 Å². The van der Waals surface area contributed by atoms with E-state index in [9.17, 15) is 4.79 Å². The Bertz CT molecular complexity index is 174. The largest absolute Gasteiger partial charge is 0.475 e. The minimum absolute atomic E-state index is 0.00519. The molecule has 4 nitrogen and oxygen atoms in total. The maximum absolute atomic E-state index is 11.2. The van der Waals surface area contributed by atoms with Crippen LogP contribution in [0.5, 0.6) is 0 Å². The van der Waals surface area contributed by atoms with Crippen LogP contribution in [0.15, 0.2) is 0 Å². The number of nitrogens with zero attached hydrogens (tertiary/aromatic N) is 1. The predicted octanol–water partition coefficient (Wildman–Crippen LogP) is -0.601. The lowest BCUT2D eigenvalue weighted by Crippen LogP contribution is -2.45. The van der Waals surface area contributed by atoms with Gasteiger partial charge >= 0.3 is 7.12 Å². The SMILES string of the molecule is CCC(=O)N1CCCC1B(O)O. The highest BCUT2D eigenvalue weighted by atomic mass is 16.4. The molecule has 0 bridgehead atoms. The summed E-state index contributed by atoms with van der Waals surface area (Å²) < 4.78 is 0. The van der Waals surface area contributed by atoms with E-state index in [2.05, 4.69) is 0 Å². The van der Waals surface area contributed by atoms with Gasteiger partial charge in [-0.2, -0.15) is 0 Å². The minimum atomic E-state index is -1.39. The van der Waals surface area contributed by atoms with Crippen LogP contribution < -0.4 is 0 Å². The van der Waals surface area contributed by atoms with Gasteiger partial charge in [-0.05, 0) is 12.8 Å². The first-order valence-electron chi connectivity index (χ1n) is 4.32. The molecular weight excluding hydrogens is 157 g/mol. The van der Waals surface area contributed by atoms with E-state index in [-0.39, 0.29) is 11.8 Å². The van der Waals surface area contributed by atoms with Gasteiger partial charge in [-0.15, -0.1) is 0 Å². The van der Waals surface area contributed by atoms with Crippen LogP contribution in [0.4, 0.5) is 0 Å². The smallest absolute Gasteiger partial charge is 0.426 e. The molecule has 1 rings (SSSR count). The summed E-state index contributed by atoms with van der Waals surface area (Å²) in [6.07, 6.45) is 2.00. The van der Waals surface area contributed by atoms with Crippen molar-refractivity contribution >= 4 is 13.0 Å². The normalized spacial score (nSPS) is 22.9. The van der Waals surface area contributed by atoms with E-state index in [0.29, 0.717) is 19.4 Å². The lowest BCUT2D eigenvalue weighted by atomic mass is 9.78. The zero-order chi connectivity index (χ0) is 9.14. The van der Waals surface area contributed by atoms with Crippen molar-refractivity contribution in [3.63, 3.8) is 0 Å². The molecule has 0 aliphatic carbocycles. The Morgan fingerprint density at radius 2 is 2.33 bits per heavy atom. The first-order chi connectivity index (χ1) is 5.66. The molecule has 0 saturated carbocycles. The Kier molecular flexibility index (Phi) is 3.11. The van der Waals surface area contributed by atoms with Crippen molar-refractivity contribution in [2.24, 2.45) is 0 Å². The van der Waals surface area contributed by atoms with E-state index in [0.717, 1.165) is 6.42 Å². The van der Waals surface area contributed by atoms with Crippen LogP contribution in [0.2, 0.25) is 0 Å². The van der Waals surface area contributed by atoms with Gasteiger partial charge in [0.25, 0.3) is 0 Å². The molecule has 0 radical (unpaired) electrons. The maximum atomic E-state index is 11.2. The number of likely N-dealkylation sites (tertiary alicyclic amines) is 1. The molecule has 1 heterocycles. The van der Waals surface area contributed by atoms with Crippen molar-refractivity contribution in [2.45, 2.75) is 32.1 Å². The number of carbonyl (C=O) groups is 1. The molecule has 1 unspecified atom stereocenters. The molecule has 68 valence electrons. The van der Waals surface area contributed by atoms with Crippen LogP contribution >= 0.6 is 0 Å². The second-order valence-electron chi connectivity index (χ2n) is 3.06. The van der Waals surface area contributed by atoms with Crippen molar-refractivity contribution < 1.29 is 14.8 Å². The third kappa shape index (κ3) is 1.79. The molecule has 0 aromatic heterocycles. The second kappa shape index (κ2) is 3.91. The molecule has 0 aromatic carbocycles. The Balaban J connectivity index is 2.57. The highest BCUT2D eigenvalue weighted by Gasteiger charge is 2.35. The van der Waals surface area contributed by atoms with Crippen LogP contribution in [0.3, 0.4) is 0 Å². The molecule has 0 spiro atoms. The van der Waals surface area contributed by atoms with E-state index < -0.39 is 7.12 Å². The fourth-order valence-corrected chi connectivity index (χ4v) is 1.62. The number of hydrogen-bond donors (Lipinski definition) is 2. The molecule has 5 heteroatoms. The van der Waals surface area contributed by atoms with Gasteiger partial charge in [0.2, 0.25) is 5.91 Å². The van der Waals surface area contributed by atoms with E-state index in [1.54, 1.807) is 11.8 Å². The van der Waals surface area contributed by atoms with Gasteiger partial charge in [-0.1, -0.05) is 6.92 Å². The first kappa shape index (κ1) is 9.54. The summed E-state index contributed by atoms with van der Waals surface area (Å²) in [5, 5.41) is 17.9. The van der Waals surface area contributed by atoms with Crippen LogP contribution in [0.25, 0.3) is 0 Å². The van der Waals surface area contributed by atoms with Crippen molar-refractivity contribution in [3.8, 4) is 0 Å². The van der Waals surface area contributed by atoms with Gasteiger partial charge in [0.15, 0.2) is 0 Å². The van der Waals surface area contributed by atoms with Crippen molar-refractivity contribution in [1.29, 1.82) is 0 Å². The number of carbonyl (C=O) groups excluding carboxylic acids is 1. The van der Waals surface area contributed by atoms with E-state index >= 15 is 0 Å². The fourth-order valence-electron chi connectivity index (χ4n) is 1.62. The minimum Gasteiger partial charge on any atom is -0.426 e. The fraction of sp³-hybridized carbons (Fsp3) is 0.857. The van der Waals surface area contributed by atoms with Crippen LogP contribution in [0, 0.1) is 0 Å². The highest BCUT2D eigenvalue weighted by molar-refractivity contribution is 6.43. The lowest BCUT2D eigenvalue weighted by Gasteiger charge is -2.23. The van der Waals surface area contributed by atoms with Gasteiger partial charge in [0, 0.05) is 13.0 Å². The number of hydrogen-bond acceptors (Lipinski definition) is 3.